The summed E-state index contributed by atoms with van der Waals surface area (Å²) in [6.07, 6.45) is 2.99. The Morgan fingerprint density at radius 3 is 2.43 bits per heavy atom. The monoisotopic (exact) mass is 378 g/mol. The molecule has 2 aromatic rings. The molecule has 2 fully saturated rings. The van der Waals surface area contributed by atoms with E-state index >= 15 is 0 Å². The molecule has 2 aliphatic rings. The number of amides is 1. The van der Waals surface area contributed by atoms with Gasteiger partial charge in [0.2, 0.25) is 5.91 Å². The van der Waals surface area contributed by atoms with Gasteiger partial charge in [-0.25, -0.2) is 9.97 Å². The summed E-state index contributed by atoms with van der Waals surface area (Å²) in [6.45, 7) is 11.6. The highest BCUT2D eigenvalue weighted by Gasteiger charge is 2.35. The number of aromatic nitrogens is 2. The van der Waals surface area contributed by atoms with Crippen molar-refractivity contribution in [2.45, 2.75) is 47.0 Å². The largest absolute Gasteiger partial charge is 0.353 e. The molecule has 0 spiro atoms. The number of hydrogen-bond acceptors (Lipinski definition) is 4. The van der Waals surface area contributed by atoms with Crippen LogP contribution in [0.2, 0.25) is 0 Å². The average Bonchev–Trinajstić information content (AvgIpc) is 3.51. The molecule has 5 nitrogen and oxygen atoms in total. The zero-order chi connectivity index (χ0) is 19.8. The Kier molecular flexibility index (Phi) is 5.09. The van der Waals surface area contributed by atoms with Crippen molar-refractivity contribution in [3.63, 3.8) is 0 Å². The van der Waals surface area contributed by atoms with Gasteiger partial charge >= 0.3 is 0 Å². The van der Waals surface area contributed by atoms with Gasteiger partial charge in [-0.15, -0.1) is 0 Å². The summed E-state index contributed by atoms with van der Waals surface area (Å²) in [5, 5.41) is 0. The van der Waals surface area contributed by atoms with Crippen LogP contribution in [0.3, 0.4) is 0 Å². The third-order valence-corrected chi connectivity index (χ3v) is 5.99. The second kappa shape index (κ2) is 7.53. The van der Waals surface area contributed by atoms with Crippen LogP contribution in [-0.2, 0) is 11.2 Å². The fraction of sp³-hybridized carbons (Fsp3) is 0.522. The predicted molar refractivity (Wildman–Crippen MR) is 112 cm³/mol. The molecule has 1 saturated carbocycles. The third-order valence-electron chi connectivity index (χ3n) is 5.99. The van der Waals surface area contributed by atoms with E-state index in [0.29, 0.717) is 11.8 Å². The van der Waals surface area contributed by atoms with Gasteiger partial charge in [-0.1, -0.05) is 23.8 Å². The fourth-order valence-electron chi connectivity index (χ4n) is 4.09. The van der Waals surface area contributed by atoms with Gasteiger partial charge in [0.1, 0.15) is 11.6 Å². The van der Waals surface area contributed by atoms with Crippen LogP contribution < -0.4 is 4.90 Å². The SMILES string of the molecule is Cc1ccc(C)c(Cc2c(C)nc(C)nc2N2CCN(C(=O)C3CC3)CC2)c1. The molecule has 28 heavy (non-hydrogen) atoms. The molecule has 0 atom stereocenters. The fourth-order valence-corrected chi connectivity index (χ4v) is 4.09. The highest BCUT2D eigenvalue weighted by molar-refractivity contribution is 5.81. The Bertz CT molecular complexity index is 896. The van der Waals surface area contributed by atoms with Crippen LogP contribution in [0.5, 0.6) is 0 Å². The lowest BCUT2D eigenvalue weighted by Crippen LogP contribution is -2.49. The van der Waals surface area contributed by atoms with Crippen molar-refractivity contribution < 1.29 is 4.79 Å². The van der Waals surface area contributed by atoms with Gasteiger partial charge in [-0.05, 0) is 51.7 Å². The number of hydrogen-bond donors (Lipinski definition) is 0. The number of rotatable bonds is 4. The summed E-state index contributed by atoms with van der Waals surface area (Å²) in [4.78, 5) is 26.2. The molecule has 0 N–H and O–H groups in total. The lowest BCUT2D eigenvalue weighted by molar-refractivity contribution is -0.132. The first-order chi connectivity index (χ1) is 13.4. The molecule has 5 heteroatoms. The van der Waals surface area contributed by atoms with E-state index in [1.54, 1.807) is 0 Å². The smallest absolute Gasteiger partial charge is 0.225 e. The maximum absolute atomic E-state index is 12.4. The molecule has 1 aromatic carbocycles. The molecule has 0 radical (unpaired) electrons. The molecule has 0 unspecified atom stereocenters. The molecule has 1 saturated heterocycles. The number of anilines is 1. The van der Waals surface area contributed by atoms with E-state index in [1.165, 1.54) is 22.3 Å². The van der Waals surface area contributed by atoms with Gasteiger partial charge in [0.05, 0.1) is 0 Å². The molecular formula is C23H30N4O. The first kappa shape index (κ1) is 18.9. The van der Waals surface area contributed by atoms with Crippen molar-refractivity contribution >= 4 is 11.7 Å². The Labute approximate surface area is 167 Å². The molecule has 148 valence electrons. The number of aryl methyl sites for hydroxylation is 4. The first-order valence-electron chi connectivity index (χ1n) is 10.4. The Morgan fingerprint density at radius 1 is 1.04 bits per heavy atom. The van der Waals surface area contributed by atoms with Crippen molar-refractivity contribution in [2.24, 2.45) is 5.92 Å². The quantitative estimate of drug-likeness (QED) is 0.819. The van der Waals surface area contributed by atoms with Gasteiger partial charge in [0.25, 0.3) is 0 Å². The van der Waals surface area contributed by atoms with Crippen molar-refractivity contribution in [3.8, 4) is 0 Å². The average molecular weight is 379 g/mol. The van der Waals surface area contributed by atoms with Crippen LogP contribution in [0.15, 0.2) is 18.2 Å². The third kappa shape index (κ3) is 3.89. The topological polar surface area (TPSA) is 49.3 Å². The summed E-state index contributed by atoms with van der Waals surface area (Å²) in [5.41, 5.74) is 6.18. The summed E-state index contributed by atoms with van der Waals surface area (Å²) in [5.74, 6) is 2.51. The van der Waals surface area contributed by atoms with E-state index in [1.807, 2.05) is 11.8 Å². The molecule has 1 amide bonds. The molecular weight excluding hydrogens is 348 g/mol. The number of nitrogens with zero attached hydrogens (tertiary/aromatic N) is 4. The van der Waals surface area contributed by atoms with Gasteiger partial charge in [-0.3, -0.25) is 4.79 Å². The summed E-state index contributed by atoms with van der Waals surface area (Å²) >= 11 is 0. The van der Waals surface area contributed by atoms with Crippen molar-refractivity contribution in [1.82, 2.24) is 14.9 Å². The minimum atomic E-state index is 0.301. The molecule has 1 aromatic heterocycles. The number of carbonyl (C=O) groups excluding carboxylic acids is 1. The Balaban J connectivity index is 1.58. The van der Waals surface area contributed by atoms with E-state index in [9.17, 15) is 4.79 Å². The number of benzene rings is 1. The summed E-state index contributed by atoms with van der Waals surface area (Å²) < 4.78 is 0. The highest BCUT2D eigenvalue weighted by Crippen LogP contribution is 2.32. The van der Waals surface area contributed by atoms with Crippen molar-refractivity contribution in [2.75, 3.05) is 31.1 Å². The van der Waals surface area contributed by atoms with Gasteiger partial charge in [-0.2, -0.15) is 0 Å². The van der Waals surface area contributed by atoms with Crippen LogP contribution in [0, 0.1) is 33.6 Å². The van der Waals surface area contributed by atoms with E-state index < -0.39 is 0 Å². The van der Waals surface area contributed by atoms with Crippen molar-refractivity contribution in [1.29, 1.82) is 0 Å². The number of piperazine rings is 1. The van der Waals surface area contributed by atoms with Crippen LogP contribution >= 0.6 is 0 Å². The molecule has 1 aliphatic heterocycles. The van der Waals surface area contributed by atoms with Crippen LogP contribution in [0.1, 0.15) is 46.6 Å². The van der Waals surface area contributed by atoms with E-state index in [4.69, 9.17) is 4.98 Å². The second-order valence-corrected chi connectivity index (χ2v) is 8.35. The second-order valence-electron chi connectivity index (χ2n) is 8.35. The summed E-state index contributed by atoms with van der Waals surface area (Å²) in [6, 6.07) is 6.62. The van der Waals surface area contributed by atoms with Crippen molar-refractivity contribution in [3.05, 3.63) is 52.0 Å². The van der Waals surface area contributed by atoms with Gasteiger partial charge in [0, 0.05) is 49.8 Å². The van der Waals surface area contributed by atoms with Crippen LogP contribution in [0.25, 0.3) is 0 Å². The number of carbonyl (C=O) groups is 1. The standard InChI is InChI=1S/C23H30N4O/c1-15-5-6-16(2)20(13-15)14-21-17(3)24-18(4)25-22(21)26-9-11-27(12-10-26)23(28)19-7-8-19/h5-6,13,19H,7-12,14H2,1-4H3. The zero-order valence-corrected chi connectivity index (χ0v) is 17.5. The van der Waals surface area contributed by atoms with E-state index in [0.717, 1.165) is 62.8 Å². The maximum Gasteiger partial charge on any atom is 0.225 e. The van der Waals surface area contributed by atoms with Gasteiger partial charge < -0.3 is 9.80 Å². The molecule has 1 aliphatic carbocycles. The molecule has 0 bridgehead atoms. The Hall–Kier alpha value is -2.43. The predicted octanol–water partition coefficient (Wildman–Crippen LogP) is 3.36. The zero-order valence-electron chi connectivity index (χ0n) is 17.5. The maximum atomic E-state index is 12.4. The summed E-state index contributed by atoms with van der Waals surface area (Å²) in [7, 11) is 0. The highest BCUT2D eigenvalue weighted by atomic mass is 16.2. The van der Waals surface area contributed by atoms with Crippen LogP contribution in [-0.4, -0.2) is 47.0 Å². The van der Waals surface area contributed by atoms with E-state index in [-0.39, 0.29) is 0 Å². The Morgan fingerprint density at radius 2 is 1.75 bits per heavy atom. The molecule has 2 heterocycles. The minimum Gasteiger partial charge on any atom is -0.353 e. The van der Waals surface area contributed by atoms with Crippen LogP contribution in [0.4, 0.5) is 5.82 Å². The minimum absolute atomic E-state index is 0.301. The lowest BCUT2D eigenvalue weighted by Gasteiger charge is -2.36. The van der Waals surface area contributed by atoms with E-state index in [2.05, 4.69) is 48.9 Å². The first-order valence-corrected chi connectivity index (χ1v) is 10.4. The lowest BCUT2D eigenvalue weighted by atomic mass is 9.97. The molecule has 4 rings (SSSR count). The van der Waals surface area contributed by atoms with Gasteiger partial charge in [0.15, 0.2) is 0 Å². The normalized spacial score (nSPS) is 17.1.